The van der Waals surface area contributed by atoms with Gasteiger partial charge in [0.15, 0.2) is 0 Å². The zero-order valence-corrected chi connectivity index (χ0v) is 12.0. The first-order valence-corrected chi connectivity index (χ1v) is 7.81. The van der Waals surface area contributed by atoms with Gasteiger partial charge in [-0.2, -0.15) is 0 Å². The molecule has 0 aromatic rings. The predicted octanol–water partition coefficient (Wildman–Crippen LogP) is 2.52. The lowest BCUT2D eigenvalue weighted by atomic mass is 10.2. The summed E-state index contributed by atoms with van der Waals surface area (Å²) in [5.41, 5.74) is 0. The maximum absolute atomic E-state index is 5.28. The number of hydrogen-bond donors (Lipinski definition) is 0. The van der Waals surface area contributed by atoms with E-state index in [4.69, 9.17) is 13.3 Å². The Morgan fingerprint density at radius 2 is 1.62 bits per heavy atom. The first-order valence-electron chi connectivity index (χ1n) is 5.88. The second kappa shape index (κ2) is 9.96. The van der Waals surface area contributed by atoms with E-state index in [1.54, 1.807) is 21.3 Å². The van der Waals surface area contributed by atoms with Gasteiger partial charge in [-0.05, 0) is 6.42 Å². The van der Waals surface area contributed by atoms with E-state index in [1.165, 1.54) is 19.3 Å². The average molecular weight is 247 g/mol. The van der Waals surface area contributed by atoms with Crippen LogP contribution in [0.25, 0.3) is 0 Å². The molecular weight excluding hydrogens is 222 g/mol. The van der Waals surface area contributed by atoms with Gasteiger partial charge in [-0.15, -0.1) is 0 Å². The van der Waals surface area contributed by atoms with Crippen LogP contribution in [0.1, 0.15) is 32.6 Å². The number of aliphatic imine (C=N–C) groups is 1. The van der Waals surface area contributed by atoms with E-state index in [0.29, 0.717) is 6.04 Å². The van der Waals surface area contributed by atoms with E-state index in [2.05, 4.69) is 11.9 Å². The average Bonchev–Trinajstić information content (AvgIpc) is 2.34. The molecule has 0 radical (unpaired) electrons. The third kappa shape index (κ3) is 6.37. The van der Waals surface area contributed by atoms with Gasteiger partial charge in [0.1, 0.15) is 0 Å². The molecule has 0 aliphatic rings. The maximum atomic E-state index is 5.28. The highest BCUT2D eigenvalue weighted by Gasteiger charge is 2.36. The van der Waals surface area contributed by atoms with Crippen LogP contribution in [0.3, 0.4) is 0 Å². The molecule has 0 heterocycles. The van der Waals surface area contributed by atoms with E-state index < -0.39 is 8.80 Å². The summed E-state index contributed by atoms with van der Waals surface area (Å²) in [6.07, 6.45) is 6.84. The van der Waals surface area contributed by atoms with E-state index in [-0.39, 0.29) is 0 Å². The summed E-state index contributed by atoms with van der Waals surface area (Å²) in [5, 5.41) is 0. The van der Waals surface area contributed by atoms with Crippen molar-refractivity contribution in [2.45, 2.75) is 38.7 Å². The highest BCUT2D eigenvalue weighted by molar-refractivity contribution is 6.63. The van der Waals surface area contributed by atoms with Crippen LogP contribution >= 0.6 is 0 Å². The fraction of sp³-hybridized carbons (Fsp3) is 0.909. The Bertz CT molecular complexity index is 176. The molecule has 5 heteroatoms. The molecule has 4 nitrogen and oxygen atoms in total. The van der Waals surface area contributed by atoms with Crippen LogP contribution in [0.4, 0.5) is 0 Å². The molecule has 0 aromatic carbocycles. The summed E-state index contributed by atoms with van der Waals surface area (Å²) in [7, 11) is 2.42. The predicted molar refractivity (Wildman–Crippen MR) is 69.1 cm³/mol. The first-order chi connectivity index (χ1) is 7.74. The van der Waals surface area contributed by atoms with E-state index in [1.807, 2.05) is 6.21 Å². The Morgan fingerprint density at radius 3 is 2.12 bits per heavy atom. The summed E-state index contributed by atoms with van der Waals surface area (Å²) in [6.45, 7) is 3.10. The molecule has 0 aliphatic carbocycles. The molecule has 0 rings (SSSR count). The van der Waals surface area contributed by atoms with Gasteiger partial charge in [0.05, 0.1) is 6.04 Å². The third-order valence-electron chi connectivity index (χ3n) is 2.54. The van der Waals surface area contributed by atoms with Gasteiger partial charge in [-0.3, -0.25) is 4.99 Å². The van der Waals surface area contributed by atoms with Crippen molar-refractivity contribution < 1.29 is 13.3 Å². The van der Waals surface area contributed by atoms with Crippen LogP contribution in [0.15, 0.2) is 4.99 Å². The molecule has 0 amide bonds. The molecule has 0 unspecified atom stereocenters. The molecule has 0 aliphatic heterocycles. The first kappa shape index (κ1) is 15.8. The Morgan fingerprint density at radius 1 is 1.00 bits per heavy atom. The second-order valence-electron chi connectivity index (χ2n) is 3.65. The van der Waals surface area contributed by atoms with Gasteiger partial charge in [0.25, 0.3) is 0 Å². The Labute approximate surface area is 100 Å². The highest BCUT2D eigenvalue weighted by Crippen LogP contribution is 2.10. The molecule has 0 fully saturated rings. The van der Waals surface area contributed by atoms with Crippen LogP contribution in [0.2, 0.25) is 6.04 Å². The molecule has 16 heavy (non-hydrogen) atoms. The normalized spacial score (nSPS) is 12.5. The van der Waals surface area contributed by atoms with Gasteiger partial charge < -0.3 is 13.3 Å². The fourth-order valence-electron chi connectivity index (χ4n) is 1.40. The topological polar surface area (TPSA) is 40.0 Å². The van der Waals surface area contributed by atoms with Crippen molar-refractivity contribution in [1.82, 2.24) is 0 Å². The zero-order chi connectivity index (χ0) is 12.3. The lowest BCUT2D eigenvalue weighted by Gasteiger charge is -2.22. The number of unbranched alkanes of at least 4 members (excludes halogenated alkanes) is 3. The van der Waals surface area contributed by atoms with Crippen molar-refractivity contribution in [1.29, 1.82) is 0 Å². The molecule has 96 valence electrons. The van der Waals surface area contributed by atoms with E-state index in [0.717, 1.165) is 13.0 Å². The van der Waals surface area contributed by atoms with E-state index in [9.17, 15) is 0 Å². The van der Waals surface area contributed by atoms with Crippen LogP contribution in [-0.4, -0.2) is 42.9 Å². The monoisotopic (exact) mass is 247 g/mol. The molecule has 0 N–H and O–H groups in total. The quantitative estimate of drug-likeness (QED) is 0.338. The number of nitrogens with zero attached hydrogens (tertiary/aromatic N) is 1. The van der Waals surface area contributed by atoms with Gasteiger partial charge >= 0.3 is 8.80 Å². The molecule has 0 saturated heterocycles. The fourth-order valence-corrected chi connectivity index (χ4v) is 2.75. The number of hydrogen-bond acceptors (Lipinski definition) is 4. The van der Waals surface area contributed by atoms with Crippen molar-refractivity contribution >= 4 is 15.0 Å². The van der Waals surface area contributed by atoms with Crippen molar-refractivity contribution in [2.75, 3.05) is 27.9 Å². The lowest BCUT2D eigenvalue weighted by Crippen LogP contribution is -2.42. The molecular formula is C11H25NO3Si. The van der Waals surface area contributed by atoms with Crippen molar-refractivity contribution in [3.8, 4) is 0 Å². The highest BCUT2D eigenvalue weighted by atomic mass is 28.4. The van der Waals surface area contributed by atoms with Crippen molar-refractivity contribution in [2.24, 2.45) is 4.99 Å². The molecule has 0 spiro atoms. The Hall–Kier alpha value is -0.233. The summed E-state index contributed by atoms with van der Waals surface area (Å²) in [4.78, 5) is 4.34. The molecule has 0 atom stereocenters. The van der Waals surface area contributed by atoms with Crippen molar-refractivity contribution in [3.05, 3.63) is 0 Å². The van der Waals surface area contributed by atoms with Crippen LogP contribution in [0, 0.1) is 0 Å². The minimum absolute atomic E-state index is 0.643. The molecule has 0 bridgehead atoms. The molecule has 0 aromatic heterocycles. The minimum atomic E-state index is -2.44. The molecule has 0 saturated carbocycles. The lowest BCUT2D eigenvalue weighted by molar-refractivity contribution is 0.128. The zero-order valence-electron chi connectivity index (χ0n) is 11.0. The van der Waals surface area contributed by atoms with Crippen LogP contribution < -0.4 is 0 Å². The van der Waals surface area contributed by atoms with E-state index >= 15 is 0 Å². The smallest absolute Gasteiger partial charge is 0.377 e. The largest absolute Gasteiger partial charge is 0.505 e. The number of rotatable bonds is 10. The van der Waals surface area contributed by atoms with Crippen molar-refractivity contribution in [3.63, 3.8) is 0 Å². The standard InChI is InChI=1S/C11H25NO3Si/c1-5-6-7-8-9-12-10-11-16(13-2,14-3)15-4/h10H,5-9,11H2,1-4H3. The second-order valence-corrected chi connectivity index (χ2v) is 6.65. The summed E-state index contributed by atoms with van der Waals surface area (Å²) < 4.78 is 15.9. The Balaban J connectivity index is 3.71. The Kier molecular flexibility index (Phi) is 9.81. The van der Waals surface area contributed by atoms with Crippen LogP contribution in [0.5, 0.6) is 0 Å². The summed E-state index contributed by atoms with van der Waals surface area (Å²) >= 11 is 0. The third-order valence-corrected chi connectivity index (χ3v) is 5.09. The summed E-state index contributed by atoms with van der Waals surface area (Å²) in [5.74, 6) is 0. The van der Waals surface area contributed by atoms with Gasteiger partial charge in [0, 0.05) is 34.1 Å². The maximum Gasteiger partial charge on any atom is 0.505 e. The van der Waals surface area contributed by atoms with Gasteiger partial charge in [-0.1, -0.05) is 26.2 Å². The van der Waals surface area contributed by atoms with Crippen LogP contribution in [-0.2, 0) is 13.3 Å². The minimum Gasteiger partial charge on any atom is -0.377 e. The van der Waals surface area contributed by atoms with Gasteiger partial charge in [0.2, 0.25) is 0 Å². The summed E-state index contributed by atoms with van der Waals surface area (Å²) in [6, 6.07) is 0.643. The van der Waals surface area contributed by atoms with Gasteiger partial charge in [-0.25, -0.2) is 0 Å². The SMILES string of the molecule is CCCCCCN=CC[Si](OC)(OC)OC.